The number of nitrogens with two attached hydrogens (primary N) is 1. The van der Waals surface area contributed by atoms with E-state index in [1.54, 1.807) is 19.1 Å². The molecule has 0 heterocycles. The van der Waals surface area contributed by atoms with Crippen LogP contribution in [0.5, 0.6) is 0 Å². The van der Waals surface area contributed by atoms with Crippen molar-refractivity contribution in [2.45, 2.75) is 18.6 Å². The molecular formula is C11H16FNO2S. The van der Waals surface area contributed by atoms with E-state index in [0.29, 0.717) is 12.0 Å². The van der Waals surface area contributed by atoms with E-state index in [1.165, 1.54) is 12.3 Å². The van der Waals surface area contributed by atoms with E-state index >= 15 is 0 Å². The zero-order valence-corrected chi connectivity index (χ0v) is 10.2. The molecule has 0 aliphatic carbocycles. The first-order valence-electron chi connectivity index (χ1n) is 4.98. The van der Waals surface area contributed by atoms with Gasteiger partial charge in [0.1, 0.15) is 5.82 Å². The highest BCUT2D eigenvalue weighted by Gasteiger charge is 2.19. The lowest BCUT2D eigenvalue weighted by Gasteiger charge is -2.13. The molecule has 0 aliphatic rings. The van der Waals surface area contributed by atoms with E-state index in [0.717, 1.165) is 5.56 Å². The summed E-state index contributed by atoms with van der Waals surface area (Å²) in [6.07, 6.45) is 1.50. The van der Waals surface area contributed by atoms with Gasteiger partial charge in [0.05, 0.1) is 5.25 Å². The predicted molar refractivity (Wildman–Crippen MR) is 62.5 cm³/mol. The van der Waals surface area contributed by atoms with Gasteiger partial charge in [0.15, 0.2) is 9.84 Å². The normalized spacial score (nSPS) is 13.8. The van der Waals surface area contributed by atoms with Crippen LogP contribution in [0.3, 0.4) is 0 Å². The summed E-state index contributed by atoms with van der Waals surface area (Å²) >= 11 is 0. The lowest BCUT2D eigenvalue weighted by molar-refractivity contribution is 0.583. The molecule has 5 heteroatoms. The van der Waals surface area contributed by atoms with E-state index in [-0.39, 0.29) is 12.4 Å². The molecule has 90 valence electrons. The molecule has 0 saturated heterocycles. The minimum Gasteiger partial charge on any atom is -0.329 e. The summed E-state index contributed by atoms with van der Waals surface area (Å²) in [4.78, 5) is 0. The van der Waals surface area contributed by atoms with Crippen LogP contribution in [0.4, 0.5) is 4.39 Å². The molecule has 0 bridgehead atoms. The molecule has 3 nitrogen and oxygen atoms in total. The predicted octanol–water partition coefficient (Wildman–Crippen LogP) is 1.05. The molecule has 1 atom stereocenters. The molecule has 1 aromatic rings. The highest BCUT2D eigenvalue weighted by molar-refractivity contribution is 7.91. The summed E-state index contributed by atoms with van der Waals surface area (Å²) in [6.45, 7) is 1.73. The van der Waals surface area contributed by atoms with E-state index < -0.39 is 15.1 Å². The highest BCUT2D eigenvalue weighted by atomic mass is 32.2. The molecule has 2 N–H and O–H groups in total. The van der Waals surface area contributed by atoms with Crippen molar-refractivity contribution in [2.75, 3.05) is 12.8 Å². The third-order valence-corrected chi connectivity index (χ3v) is 4.12. The first-order chi connectivity index (χ1) is 7.34. The van der Waals surface area contributed by atoms with E-state index in [9.17, 15) is 12.8 Å². The Morgan fingerprint density at radius 2 is 2.06 bits per heavy atom. The van der Waals surface area contributed by atoms with Crippen molar-refractivity contribution in [1.29, 1.82) is 0 Å². The van der Waals surface area contributed by atoms with Crippen LogP contribution in [0.15, 0.2) is 18.2 Å². The van der Waals surface area contributed by atoms with Gasteiger partial charge in [-0.25, -0.2) is 12.8 Å². The lowest BCUT2D eigenvalue weighted by atomic mass is 10.1. The molecular weight excluding hydrogens is 229 g/mol. The monoisotopic (exact) mass is 245 g/mol. The Bertz CT molecular complexity index is 471. The van der Waals surface area contributed by atoms with Crippen LogP contribution in [0.1, 0.15) is 11.1 Å². The number of benzene rings is 1. The molecule has 0 spiro atoms. The Morgan fingerprint density at radius 3 is 2.50 bits per heavy atom. The quantitative estimate of drug-likeness (QED) is 0.862. The Morgan fingerprint density at radius 1 is 1.44 bits per heavy atom. The van der Waals surface area contributed by atoms with Gasteiger partial charge < -0.3 is 5.73 Å². The van der Waals surface area contributed by atoms with Crippen LogP contribution in [-0.4, -0.2) is 26.5 Å². The summed E-state index contributed by atoms with van der Waals surface area (Å²) in [6, 6.07) is 4.60. The fraction of sp³-hybridized carbons (Fsp3) is 0.455. The van der Waals surface area contributed by atoms with E-state index in [2.05, 4.69) is 0 Å². The number of halogens is 1. The van der Waals surface area contributed by atoms with Gasteiger partial charge in [-0.05, 0) is 30.5 Å². The van der Waals surface area contributed by atoms with Crippen LogP contribution < -0.4 is 5.73 Å². The van der Waals surface area contributed by atoms with Crippen molar-refractivity contribution in [3.8, 4) is 0 Å². The summed E-state index contributed by atoms with van der Waals surface area (Å²) in [7, 11) is -3.15. The number of aryl methyl sites for hydroxylation is 1. The van der Waals surface area contributed by atoms with Gasteiger partial charge in [-0.3, -0.25) is 0 Å². The minimum absolute atomic E-state index is 0.0786. The summed E-state index contributed by atoms with van der Waals surface area (Å²) in [5, 5.41) is -0.600. The van der Waals surface area contributed by atoms with Gasteiger partial charge in [-0.1, -0.05) is 12.1 Å². The fourth-order valence-electron chi connectivity index (χ4n) is 1.51. The van der Waals surface area contributed by atoms with Gasteiger partial charge in [0.25, 0.3) is 0 Å². The maximum atomic E-state index is 13.0. The first kappa shape index (κ1) is 13.1. The molecule has 1 unspecified atom stereocenters. The van der Waals surface area contributed by atoms with Gasteiger partial charge in [-0.2, -0.15) is 0 Å². The smallest absolute Gasteiger partial charge is 0.151 e. The highest BCUT2D eigenvalue weighted by Crippen LogP contribution is 2.13. The van der Waals surface area contributed by atoms with Crippen molar-refractivity contribution in [1.82, 2.24) is 0 Å². The van der Waals surface area contributed by atoms with Crippen LogP contribution in [0, 0.1) is 12.7 Å². The number of hydrogen-bond donors (Lipinski definition) is 1. The lowest BCUT2D eigenvalue weighted by Crippen LogP contribution is -2.31. The Kier molecular flexibility index (Phi) is 4.04. The maximum Gasteiger partial charge on any atom is 0.151 e. The van der Waals surface area contributed by atoms with Crippen LogP contribution in [0.25, 0.3) is 0 Å². The largest absolute Gasteiger partial charge is 0.329 e. The molecule has 0 radical (unpaired) electrons. The Balaban J connectivity index is 2.91. The van der Waals surface area contributed by atoms with Crippen molar-refractivity contribution in [2.24, 2.45) is 5.73 Å². The van der Waals surface area contributed by atoms with Crippen molar-refractivity contribution in [3.63, 3.8) is 0 Å². The SMILES string of the molecule is Cc1cc(CC(CN)S(C)(=O)=O)ccc1F. The standard InChI is InChI=1S/C11H16FNO2S/c1-8-5-9(3-4-11(8)12)6-10(7-13)16(2,14)15/h3-5,10H,6-7,13H2,1-2H3. The average Bonchev–Trinajstić information content (AvgIpc) is 2.18. The maximum absolute atomic E-state index is 13.0. The van der Waals surface area contributed by atoms with Crippen LogP contribution in [0.2, 0.25) is 0 Å². The van der Waals surface area contributed by atoms with Crippen molar-refractivity contribution >= 4 is 9.84 Å². The molecule has 0 saturated carbocycles. The molecule has 1 rings (SSSR count). The van der Waals surface area contributed by atoms with Gasteiger partial charge in [0.2, 0.25) is 0 Å². The van der Waals surface area contributed by atoms with Crippen molar-refractivity contribution in [3.05, 3.63) is 35.1 Å². The zero-order valence-electron chi connectivity index (χ0n) is 9.40. The third-order valence-electron chi connectivity index (χ3n) is 2.55. The first-order valence-corrected chi connectivity index (χ1v) is 6.94. The second-order valence-electron chi connectivity index (χ2n) is 3.97. The van der Waals surface area contributed by atoms with E-state index in [1.807, 2.05) is 0 Å². The molecule has 1 aromatic carbocycles. The zero-order chi connectivity index (χ0) is 12.3. The second kappa shape index (κ2) is 4.93. The number of rotatable bonds is 4. The Labute approximate surface area is 95.4 Å². The van der Waals surface area contributed by atoms with Crippen molar-refractivity contribution < 1.29 is 12.8 Å². The van der Waals surface area contributed by atoms with Gasteiger partial charge >= 0.3 is 0 Å². The molecule has 16 heavy (non-hydrogen) atoms. The molecule has 0 fully saturated rings. The average molecular weight is 245 g/mol. The summed E-state index contributed by atoms with van der Waals surface area (Å²) in [5.74, 6) is -0.285. The topological polar surface area (TPSA) is 60.2 Å². The third kappa shape index (κ3) is 3.28. The van der Waals surface area contributed by atoms with Crippen LogP contribution in [-0.2, 0) is 16.3 Å². The number of hydrogen-bond acceptors (Lipinski definition) is 3. The minimum atomic E-state index is -3.15. The molecule has 0 amide bonds. The number of sulfone groups is 1. The van der Waals surface area contributed by atoms with E-state index in [4.69, 9.17) is 5.73 Å². The Hall–Kier alpha value is -0.940. The second-order valence-corrected chi connectivity index (χ2v) is 6.30. The van der Waals surface area contributed by atoms with Gasteiger partial charge in [-0.15, -0.1) is 0 Å². The fourth-order valence-corrected chi connectivity index (χ4v) is 2.35. The van der Waals surface area contributed by atoms with Gasteiger partial charge in [0, 0.05) is 12.8 Å². The summed E-state index contributed by atoms with van der Waals surface area (Å²) < 4.78 is 35.7. The molecule has 0 aliphatic heterocycles. The van der Waals surface area contributed by atoms with Crippen LogP contribution >= 0.6 is 0 Å². The molecule has 0 aromatic heterocycles. The summed E-state index contributed by atoms with van der Waals surface area (Å²) in [5.41, 5.74) is 6.73.